The second-order valence-corrected chi connectivity index (χ2v) is 7.25. The van der Waals surface area contributed by atoms with Crippen molar-refractivity contribution >= 4 is 33.3 Å². The number of ether oxygens (including phenoxy) is 1. The van der Waals surface area contributed by atoms with E-state index < -0.39 is 11.5 Å². The molecule has 0 radical (unpaired) electrons. The molecule has 0 unspecified atom stereocenters. The lowest BCUT2D eigenvalue weighted by molar-refractivity contribution is 0.434. The molecular weight excluding hydrogens is 451 g/mol. The van der Waals surface area contributed by atoms with Crippen molar-refractivity contribution in [1.82, 2.24) is 9.55 Å². The Bertz CT molecular complexity index is 1170. The number of aryl methyl sites for hydroxylation is 1. The first-order valence-corrected chi connectivity index (χ1v) is 9.14. The highest BCUT2D eigenvalue weighted by atomic mass is 79.9. The van der Waals surface area contributed by atoms with Gasteiger partial charge in [-0.3, -0.25) is 4.57 Å². The second kappa shape index (κ2) is 8.00. The van der Waals surface area contributed by atoms with E-state index in [0.717, 1.165) is 0 Å². The smallest absolute Gasteiger partial charge is 0.349 e. The number of nitrogens with zero attached hydrogens (tertiary/aromatic N) is 3. The van der Waals surface area contributed by atoms with Crippen LogP contribution in [0.4, 0.5) is 10.2 Å². The molecule has 6 nitrogen and oxygen atoms in total. The maximum Gasteiger partial charge on any atom is 0.349 e. The molecule has 0 fully saturated rings. The summed E-state index contributed by atoms with van der Waals surface area (Å²) >= 11 is 9.22. The number of benzene rings is 2. The summed E-state index contributed by atoms with van der Waals surface area (Å²) in [6.07, 6.45) is 1.52. The van der Waals surface area contributed by atoms with Crippen LogP contribution < -0.4 is 16.2 Å². The van der Waals surface area contributed by atoms with Crippen molar-refractivity contribution in [3.05, 3.63) is 79.0 Å². The number of hydrogen-bond acceptors (Lipinski definition) is 5. The van der Waals surface area contributed by atoms with Gasteiger partial charge in [-0.25, -0.2) is 9.18 Å². The molecule has 0 bridgehead atoms. The summed E-state index contributed by atoms with van der Waals surface area (Å²) in [6, 6.07) is 9.48. The van der Waals surface area contributed by atoms with Gasteiger partial charge in [0.2, 0.25) is 0 Å². The minimum absolute atomic E-state index is 0.0541. The number of aromatic nitrogens is 2. The fourth-order valence-electron chi connectivity index (χ4n) is 2.50. The number of anilines is 1. The third-order valence-electron chi connectivity index (χ3n) is 3.91. The Morgan fingerprint density at radius 1 is 1.39 bits per heavy atom. The molecule has 3 rings (SSSR count). The highest BCUT2D eigenvalue weighted by Crippen LogP contribution is 2.35. The Morgan fingerprint density at radius 3 is 2.86 bits per heavy atom. The Morgan fingerprint density at radius 2 is 2.14 bits per heavy atom. The van der Waals surface area contributed by atoms with E-state index in [1.165, 1.54) is 35.0 Å². The van der Waals surface area contributed by atoms with Crippen molar-refractivity contribution in [2.24, 2.45) is 0 Å². The maximum absolute atomic E-state index is 15.1. The van der Waals surface area contributed by atoms with E-state index in [4.69, 9.17) is 27.3 Å². The van der Waals surface area contributed by atoms with Crippen LogP contribution in [0.1, 0.15) is 16.7 Å². The Hall–Kier alpha value is -2.89. The molecule has 0 aliphatic carbocycles. The van der Waals surface area contributed by atoms with Crippen molar-refractivity contribution in [3.8, 4) is 17.6 Å². The van der Waals surface area contributed by atoms with Crippen LogP contribution >= 0.6 is 27.5 Å². The number of hydrogen-bond donors (Lipinski definition) is 1. The van der Waals surface area contributed by atoms with Crippen molar-refractivity contribution in [3.63, 3.8) is 0 Å². The summed E-state index contributed by atoms with van der Waals surface area (Å²) in [4.78, 5) is 15.7. The van der Waals surface area contributed by atoms with Crippen LogP contribution in [0.2, 0.25) is 5.02 Å². The molecule has 0 atom stereocenters. The molecular formula is C19H13BrClFN4O2. The summed E-state index contributed by atoms with van der Waals surface area (Å²) in [5, 5.41) is 9.33. The molecule has 1 heterocycles. The molecule has 0 aliphatic heterocycles. The topological polar surface area (TPSA) is 93.9 Å². The highest BCUT2D eigenvalue weighted by molar-refractivity contribution is 9.10. The highest BCUT2D eigenvalue weighted by Gasteiger charge is 2.16. The first kappa shape index (κ1) is 19.9. The average Bonchev–Trinajstić information content (AvgIpc) is 2.64. The number of rotatable bonds is 4. The molecule has 2 aromatic carbocycles. The van der Waals surface area contributed by atoms with Crippen molar-refractivity contribution < 1.29 is 9.13 Å². The van der Waals surface area contributed by atoms with E-state index in [2.05, 4.69) is 20.9 Å². The van der Waals surface area contributed by atoms with Gasteiger partial charge < -0.3 is 10.5 Å². The largest absolute Gasteiger partial charge is 0.453 e. The normalized spacial score (nSPS) is 10.5. The number of nitrogens with two attached hydrogens (primary N) is 1. The predicted octanol–water partition coefficient (Wildman–Crippen LogP) is 4.40. The van der Waals surface area contributed by atoms with Crippen molar-refractivity contribution in [2.45, 2.75) is 13.5 Å². The molecule has 0 aliphatic rings. The maximum atomic E-state index is 15.1. The Labute approximate surface area is 173 Å². The monoisotopic (exact) mass is 462 g/mol. The number of halogens is 3. The molecule has 0 saturated carbocycles. The van der Waals surface area contributed by atoms with E-state index >= 15 is 4.39 Å². The third-order valence-corrected chi connectivity index (χ3v) is 4.75. The van der Waals surface area contributed by atoms with Crippen LogP contribution in [0.25, 0.3) is 0 Å². The molecule has 9 heteroatoms. The molecule has 142 valence electrons. The third kappa shape index (κ3) is 4.16. The Kier molecular flexibility index (Phi) is 5.68. The van der Waals surface area contributed by atoms with E-state index in [9.17, 15) is 4.79 Å². The first-order valence-electron chi connectivity index (χ1n) is 7.97. The minimum atomic E-state index is -0.658. The zero-order valence-corrected chi connectivity index (χ0v) is 16.9. The molecule has 0 spiro atoms. The summed E-state index contributed by atoms with van der Waals surface area (Å²) in [5.74, 6) is -0.398. The van der Waals surface area contributed by atoms with Gasteiger partial charge in [-0.15, -0.1) is 0 Å². The van der Waals surface area contributed by atoms with Crippen LogP contribution in [0.3, 0.4) is 0 Å². The summed E-state index contributed by atoms with van der Waals surface area (Å²) in [7, 11) is 0. The predicted molar refractivity (Wildman–Crippen MR) is 107 cm³/mol. The van der Waals surface area contributed by atoms with Gasteiger partial charge in [0.15, 0.2) is 11.6 Å². The lowest BCUT2D eigenvalue weighted by atomic mass is 10.2. The van der Waals surface area contributed by atoms with Gasteiger partial charge in [-0.2, -0.15) is 10.2 Å². The van der Waals surface area contributed by atoms with E-state index in [1.807, 2.05) is 6.07 Å². The fraction of sp³-hybridized carbons (Fsp3) is 0.105. The molecule has 0 amide bonds. The SMILES string of the molecule is Cc1cn(Cc2ccc(Br)c(Oc3cc(Cl)cc(C#N)c3)c2F)c(=O)nc1N. The van der Waals surface area contributed by atoms with E-state index in [1.54, 1.807) is 13.0 Å². The summed E-state index contributed by atoms with van der Waals surface area (Å²) in [5.41, 5.74) is 6.15. The van der Waals surface area contributed by atoms with E-state index in [-0.39, 0.29) is 40.0 Å². The molecule has 3 aromatic rings. The molecule has 0 saturated heterocycles. The summed E-state index contributed by atoms with van der Waals surface area (Å²) in [6.45, 7) is 1.65. The van der Waals surface area contributed by atoms with Gasteiger partial charge in [0.05, 0.1) is 22.7 Å². The quantitative estimate of drug-likeness (QED) is 0.619. The zero-order chi connectivity index (χ0) is 20.4. The van der Waals surface area contributed by atoms with Crippen molar-refractivity contribution in [2.75, 3.05) is 5.73 Å². The van der Waals surface area contributed by atoms with Gasteiger partial charge in [0.25, 0.3) is 0 Å². The second-order valence-electron chi connectivity index (χ2n) is 5.96. The van der Waals surface area contributed by atoms with Gasteiger partial charge in [-0.1, -0.05) is 17.7 Å². The van der Waals surface area contributed by atoms with Crippen LogP contribution in [0.5, 0.6) is 11.5 Å². The van der Waals surface area contributed by atoms with Crippen LogP contribution in [0, 0.1) is 24.1 Å². The standard InChI is InChI=1S/C19H13BrClFN4O2/c1-10-8-26(19(27)25-18(10)24)9-12-2-3-15(20)17(16(12)22)28-14-5-11(7-23)4-13(21)6-14/h2-6,8H,9H2,1H3,(H2,24,25,27). The number of nitrogen functional groups attached to an aromatic ring is 1. The lowest BCUT2D eigenvalue weighted by Crippen LogP contribution is -2.25. The minimum Gasteiger partial charge on any atom is -0.453 e. The molecule has 28 heavy (non-hydrogen) atoms. The molecule has 1 aromatic heterocycles. The van der Waals surface area contributed by atoms with Crippen LogP contribution in [0.15, 0.2) is 45.8 Å². The summed E-state index contributed by atoms with van der Waals surface area (Å²) < 4.78 is 22.3. The van der Waals surface area contributed by atoms with Gasteiger partial charge in [-0.05, 0) is 47.1 Å². The van der Waals surface area contributed by atoms with Crippen LogP contribution in [-0.2, 0) is 6.54 Å². The van der Waals surface area contributed by atoms with Crippen LogP contribution in [-0.4, -0.2) is 9.55 Å². The average molecular weight is 464 g/mol. The number of nitriles is 1. The Balaban J connectivity index is 1.99. The van der Waals surface area contributed by atoms with Gasteiger partial charge >= 0.3 is 5.69 Å². The first-order chi connectivity index (χ1) is 13.3. The zero-order valence-electron chi connectivity index (χ0n) is 14.5. The van der Waals surface area contributed by atoms with Crippen molar-refractivity contribution in [1.29, 1.82) is 5.26 Å². The molecule has 2 N–H and O–H groups in total. The van der Waals surface area contributed by atoms with Gasteiger partial charge in [0.1, 0.15) is 11.6 Å². The van der Waals surface area contributed by atoms with E-state index in [0.29, 0.717) is 10.0 Å². The van der Waals surface area contributed by atoms with Gasteiger partial charge in [0, 0.05) is 22.3 Å². The lowest BCUT2D eigenvalue weighted by Gasteiger charge is -2.14. The fourth-order valence-corrected chi connectivity index (χ4v) is 3.11.